The van der Waals surface area contributed by atoms with Crippen molar-refractivity contribution in [2.24, 2.45) is 0 Å². The second-order valence-corrected chi connectivity index (χ2v) is 7.18. The molecule has 1 aromatic rings. The number of alkyl halides is 2. The molecule has 2 rings (SSSR count). The predicted octanol–water partition coefficient (Wildman–Crippen LogP) is 6.87. The lowest BCUT2D eigenvalue weighted by molar-refractivity contribution is 0.682. The van der Waals surface area contributed by atoms with Gasteiger partial charge in [-0.1, -0.05) is 58.0 Å². The van der Waals surface area contributed by atoms with Crippen LogP contribution in [0.25, 0.3) is 5.03 Å². The molecule has 0 saturated heterocycles. The summed E-state index contributed by atoms with van der Waals surface area (Å²) >= 11 is 43.0. The summed E-state index contributed by atoms with van der Waals surface area (Å²) < 4.78 is 0. The summed E-state index contributed by atoms with van der Waals surface area (Å²) in [6, 6.07) is 1.61. The van der Waals surface area contributed by atoms with Crippen LogP contribution in [0.15, 0.2) is 11.1 Å². The van der Waals surface area contributed by atoms with Gasteiger partial charge in [-0.15, -0.1) is 23.2 Å². The Balaban J connectivity index is 2.90. The van der Waals surface area contributed by atoms with Crippen molar-refractivity contribution in [1.29, 1.82) is 0 Å². The van der Waals surface area contributed by atoms with Gasteiger partial charge in [0.05, 0.1) is 35.4 Å². The maximum absolute atomic E-state index is 6.44. The minimum absolute atomic E-state index is 0.209. The van der Waals surface area contributed by atoms with Crippen molar-refractivity contribution in [3.05, 3.63) is 37.3 Å². The van der Waals surface area contributed by atoms with Crippen LogP contribution < -0.4 is 0 Å². The largest absolute Gasteiger partial charge is 0.114 e. The minimum atomic E-state index is -0.968. The molecule has 0 N–H and O–H groups in total. The zero-order valence-electron chi connectivity index (χ0n) is 8.80. The Morgan fingerprint density at radius 3 is 2.17 bits per heavy atom. The molecule has 1 aliphatic carbocycles. The van der Waals surface area contributed by atoms with Crippen LogP contribution in [0.2, 0.25) is 15.1 Å². The SMILES string of the molecule is CC1(Cl)c2cc(Cl)c(Cl)c(Cl)c2C(Cl)=C(Cl)C1Cl. The van der Waals surface area contributed by atoms with Gasteiger partial charge in [0.15, 0.2) is 0 Å². The molecule has 1 aromatic carbocycles. The first-order valence-corrected chi connectivity index (χ1v) is 7.46. The third kappa shape index (κ3) is 2.15. The number of fused-ring (bicyclic) bond motifs is 1. The lowest BCUT2D eigenvalue weighted by Gasteiger charge is -2.35. The number of allylic oxidation sites excluding steroid dienone is 1. The Morgan fingerprint density at radius 2 is 1.61 bits per heavy atom. The average Bonchev–Trinajstić information content (AvgIpc) is 2.31. The van der Waals surface area contributed by atoms with Crippen molar-refractivity contribution in [1.82, 2.24) is 0 Å². The normalized spacial score (nSPS) is 27.4. The number of halogens is 7. The fraction of sp³-hybridized carbons (Fsp3) is 0.273. The van der Waals surface area contributed by atoms with Crippen molar-refractivity contribution < 1.29 is 0 Å². The van der Waals surface area contributed by atoms with Gasteiger partial charge in [0, 0.05) is 5.56 Å². The van der Waals surface area contributed by atoms with E-state index in [9.17, 15) is 0 Å². The maximum Gasteiger partial charge on any atom is 0.0937 e. The maximum atomic E-state index is 6.44. The highest BCUT2D eigenvalue weighted by molar-refractivity contribution is 6.60. The molecule has 2 atom stereocenters. The van der Waals surface area contributed by atoms with Gasteiger partial charge in [-0.3, -0.25) is 0 Å². The van der Waals surface area contributed by atoms with Gasteiger partial charge in [-0.2, -0.15) is 0 Å². The van der Waals surface area contributed by atoms with Crippen LogP contribution in [0.1, 0.15) is 18.1 Å². The summed E-state index contributed by atoms with van der Waals surface area (Å²) in [5, 5.41) is 0.530. The van der Waals surface area contributed by atoms with Crippen molar-refractivity contribution in [2.75, 3.05) is 0 Å². The van der Waals surface area contributed by atoms with Gasteiger partial charge in [0.2, 0.25) is 0 Å². The Labute approximate surface area is 140 Å². The van der Waals surface area contributed by atoms with E-state index in [0.29, 0.717) is 16.1 Å². The summed E-state index contributed by atoms with van der Waals surface area (Å²) in [4.78, 5) is -0.968. The van der Waals surface area contributed by atoms with E-state index in [2.05, 4.69) is 0 Å². The average molecular weight is 385 g/mol. The Morgan fingerprint density at radius 1 is 1.06 bits per heavy atom. The molecule has 18 heavy (non-hydrogen) atoms. The van der Waals surface area contributed by atoms with E-state index in [0.717, 1.165) is 0 Å². The molecule has 0 fully saturated rings. The van der Waals surface area contributed by atoms with Crippen LogP contribution in [0.4, 0.5) is 0 Å². The lowest BCUT2D eigenvalue weighted by atomic mass is 9.87. The number of hydrogen-bond acceptors (Lipinski definition) is 0. The highest BCUT2D eigenvalue weighted by Crippen LogP contribution is 2.54. The van der Waals surface area contributed by atoms with Crippen LogP contribution >= 0.6 is 81.2 Å². The second kappa shape index (κ2) is 5.07. The number of hydrogen-bond donors (Lipinski definition) is 0. The van der Waals surface area contributed by atoms with E-state index in [4.69, 9.17) is 81.2 Å². The molecular weight excluding hydrogens is 380 g/mol. The highest BCUT2D eigenvalue weighted by atomic mass is 35.5. The molecule has 2 unspecified atom stereocenters. The first kappa shape index (κ1) is 15.4. The number of rotatable bonds is 0. The van der Waals surface area contributed by atoms with Crippen LogP contribution in [0, 0.1) is 0 Å². The van der Waals surface area contributed by atoms with Crippen molar-refractivity contribution in [2.45, 2.75) is 17.2 Å². The minimum Gasteiger partial charge on any atom is -0.114 e. The van der Waals surface area contributed by atoms with Crippen LogP contribution in [0.5, 0.6) is 0 Å². The first-order valence-electron chi connectivity index (χ1n) is 4.76. The van der Waals surface area contributed by atoms with E-state index >= 15 is 0 Å². The smallest absolute Gasteiger partial charge is 0.0937 e. The zero-order chi connectivity index (χ0) is 13.8. The fourth-order valence-electron chi connectivity index (χ4n) is 1.80. The van der Waals surface area contributed by atoms with Gasteiger partial charge in [-0.05, 0) is 18.6 Å². The summed E-state index contributed by atoms with van der Waals surface area (Å²) in [5.74, 6) is 0. The summed E-state index contributed by atoms with van der Waals surface area (Å²) in [5.41, 5.74) is 1.09. The molecule has 0 bridgehead atoms. The molecule has 7 heteroatoms. The van der Waals surface area contributed by atoms with Crippen molar-refractivity contribution in [3.8, 4) is 0 Å². The predicted molar refractivity (Wildman–Crippen MR) is 82.9 cm³/mol. The van der Waals surface area contributed by atoms with Crippen LogP contribution in [0.3, 0.4) is 0 Å². The topological polar surface area (TPSA) is 0 Å². The van der Waals surface area contributed by atoms with Gasteiger partial charge in [-0.25, -0.2) is 0 Å². The monoisotopic (exact) mass is 382 g/mol. The molecule has 0 radical (unpaired) electrons. The molecule has 0 aliphatic heterocycles. The van der Waals surface area contributed by atoms with Gasteiger partial charge < -0.3 is 0 Å². The van der Waals surface area contributed by atoms with Crippen LogP contribution in [-0.2, 0) is 4.87 Å². The molecule has 0 spiro atoms. The van der Waals surface area contributed by atoms with E-state index < -0.39 is 10.3 Å². The zero-order valence-corrected chi connectivity index (χ0v) is 14.1. The molecular formula is C11H5Cl7. The van der Waals surface area contributed by atoms with E-state index in [1.165, 1.54) is 0 Å². The first-order chi connectivity index (χ1) is 8.19. The standard InChI is InChI=1S/C11H5Cl7/c1-11(18)3-2-4(12)6(13)7(14)5(3)8(15)9(16)10(11)17/h2,10H,1H3. The Kier molecular flexibility index (Phi) is 4.34. The number of benzene rings is 1. The van der Waals surface area contributed by atoms with E-state index in [1.54, 1.807) is 13.0 Å². The quantitative estimate of drug-likeness (QED) is 0.338. The molecule has 98 valence electrons. The third-order valence-corrected chi connectivity index (χ3v) is 6.28. The fourth-order valence-corrected chi connectivity index (χ4v) is 3.76. The van der Waals surface area contributed by atoms with E-state index in [-0.39, 0.29) is 20.1 Å². The lowest BCUT2D eigenvalue weighted by Crippen LogP contribution is -2.32. The molecule has 0 heterocycles. The van der Waals surface area contributed by atoms with Gasteiger partial charge in [0.1, 0.15) is 0 Å². The Bertz CT molecular complexity index is 559. The molecule has 1 aliphatic rings. The molecule has 0 amide bonds. The van der Waals surface area contributed by atoms with E-state index in [1.807, 2.05) is 0 Å². The summed E-state index contributed by atoms with van der Waals surface area (Å²) in [7, 11) is 0. The molecule has 0 nitrogen and oxygen atoms in total. The summed E-state index contributed by atoms with van der Waals surface area (Å²) in [6.07, 6.45) is 0. The summed E-state index contributed by atoms with van der Waals surface area (Å²) in [6.45, 7) is 1.72. The van der Waals surface area contributed by atoms with Crippen LogP contribution in [-0.4, -0.2) is 5.38 Å². The molecule has 0 aromatic heterocycles. The van der Waals surface area contributed by atoms with Gasteiger partial charge >= 0.3 is 0 Å². The Hall–Kier alpha value is 0.990. The highest BCUT2D eigenvalue weighted by Gasteiger charge is 2.43. The third-order valence-electron chi connectivity index (χ3n) is 2.82. The van der Waals surface area contributed by atoms with Crippen molar-refractivity contribution in [3.63, 3.8) is 0 Å². The van der Waals surface area contributed by atoms with Crippen molar-refractivity contribution >= 4 is 86.2 Å². The van der Waals surface area contributed by atoms with Gasteiger partial charge in [0.25, 0.3) is 0 Å². The molecule has 0 saturated carbocycles. The second-order valence-electron chi connectivity index (χ2n) is 4.01.